The van der Waals surface area contributed by atoms with Gasteiger partial charge >= 0.3 is 5.97 Å². The molecule has 0 amide bonds. The molecular formula is C19H17FN2O3. The van der Waals surface area contributed by atoms with Gasteiger partial charge in [-0.15, -0.1) is 0 Å². The van der Waals surface area contributed by atoms with Gasteiger partial charge in [-0.3, -0.25) is 0 Å². The Morgan fingerprint density at radius 1 is 1.36 bits per heavy atom. The van der Waals surface area contributed by atoms with Crippen molar-refractivity contribution >= 4 is 11.7 Å². The van der Waals surface area contributed by atoms with Gasteiger partial charge in [0.25, 0.3) is 0 Å². The van der Waals surface area contributed by atoms with Crippen LogP contribution in [0, 0.1) is 17.1 Å². The van der Waals surface area contributed by atoms with E-state index in [0.717, 1.165) is 5.56 Å². The highest BCUT2D eigenvalue weighted by molar-refractivity contribution is 5.81. The number of carbonyl (C=O) groups is 1. The predicted molar refractivity (Wildman–Crippen MR) is 89.5 cm³/mol. The number of benzene rings is 2. The summed E-state index contributed by atoms with van der Waals surface area (Å²) in [6, 6.07) is 13.0. The molecule has 0 radical (unpaired) electrons. The maximum atomic E-state index is 14.2. The van der Waals surface area contributed by atoms with E-state index in [2.05, 4.69) is 5.32 Å². The summed E-state index contributed by atoms with van der Waals surface area (Å²) in [7, 11) is 0. The Hall–Kier alpha value is -3.07. The first-order valence-electron chi connectivity index (χ1n) is 7.93. The van der Waals surface area contributed by atoms with Crippen molar-refractivity contribution in [1.29, 1.82) is 5.26 Å². The first-order chi connectivity index (χ1) is 12.0. The van der Waals surface area contributed by atoms with Gasteiger partial charge in [-0.05, 0) is 36.8 Å². The fourth-order valence-corrected chi connectivity index (χ4v) is 2.68. The summed E-state index contributed by atoms with van der Waals surface area (Å²) < 4.78 is 24.8. The fraction of sp³-hybridized carbons (Fsp3) is 0.263. The maximum Gasteiger partial charge on any atom is 0.328 e. The van der Waals surface area contributed by atoms with E-state index in [0.29, 0.717) is 17.7 Å². The molecule has 3 rings (SSSR count). The molecule has 2 aromatic rings. The molecule has 0 bridgehead atoms. The van der Waals surface area contributed by atoms with Crippen molar-refractivity contribution in [3.8, 4) is 11.8 Å². The summed E-state index contributed by atoms with van der Waals surface area (Å²) in [5.41, 5.74) is 1.80. The van der Waals surface area contributed by atoms with E-state index < -0.39 is 11.9 Å². The average Bonchev–Trinajstić information content (AvgIpc) is 2.91. The first-order valence-corrected chi connectivity index (χ1v) is 7.93. The van der Waals surface area contributed by atoms with E-state index in [-0.39, 0.29) is 24.4 Å². The summed E-state index contributed by atoms with van der Waals surface area (Å²) >= 11 is 0. The molecule has 6 heteroatoms. The van der Waals surface area contributed by atoms with Crippen molar-refractivity contribution in [2.24, 2.45) is 0 Å². The van der Waals surface area contributed by atoms with Crippen LogP contribution in [-0.4, -0.2) is 18.1 Å². The maximum absolute atomic E-state index is 14.2. The van der Waals surface area contributed by atoms with Gasteiger partial charge in [-0.1, -0.05) is 12.1 Å². The van der Waals surface area contributed by atoms with Crippen LogP contribution in [0.25, 0.3) is 0 Å². The lowest BCUT2D eigenvalue weighted by atomic mass is 10.1. The van der Waals surface area contributed by atoms with Crippen LogP contribution in [0.2, 0.25) is 0 Å². The highest BCUT2D eigenvalue weighted by Gasteiger charge is 2.31. The molecular weight excluding hydrogens is 323 g/mol. The minimum Gasteiger partial charge on any atom is -0.486 e. The van der Waals surface area contributed by atoms with E-state index >= 15 is 0 Å². The number of hydrogen-bond acceptors (Lipinski definition) is 5. The summed E-state index contributed by atoms with van der Waals surface area (Å²) in [5.74, 6) is -0.748. The predicted octanol–water partition coefficient (Wildman–Crippen LogP) is 3.39. The standard InChI is InChI=1S/C19H17FN2O3/c1-12-7-17(19(23)25-12)22-15-5-6-18(16(20)9-15)24-11-14-4-2-3-13(8-14)10-21/h2-6,8-9,12,17,22H,7,11H2,1H3/t12-,17-/m0/s1. The molecule has 0 aliphatic carbocycles. The first kappa shape index (κ1) is 16.8. The molecule has 2 atom stereocenters. The van der Waals surface area contributed by atoms with E-state index in [9.17, 15) is 9.18 Å². The lowest BCUT2D eigenvalue weighted by Gasteiger charge is -2.12. The second-order valence-corrected chi connectivity index (χ2v) is 5.93. The van der Waals surface area contributed by atoms with Crippen LogP contribution in [0.15, 0.2) is 42.5 Å². The minimum absolute atomic E-state index is 0.107. The second kappa shape index (κ2) is 7.22. The van der Waals surface area contributed by atoms with Gasteiger partial charge in [0, 0.05) is 18.2 Å². The Bertz CT molecular complexity index is 832. The average molecular weight is 340 g/mol. The van der Waals surface area contributed by atoms with Gasteiger partial charge in [-0.2, -0.15) is 5.26 Å². The van der Waals surface area contributed by atoms with E-state index in [1.54, 1.807) is 24.3 Å². The van der Waals surface area contributed by atoms with Crippen LogP contribution in [0.1, 0.15) is 24.5 Å². The lowest BCUT2D eigenvalue weighted by molar-refractivity contribution is -0.141. The van der Waals surface area contributed by atoms with Crippen LogP contribution in [0.3, 0.4) is 0 Å². The zero-order valence-electron chi connectivity index (χ0n) is 13.7. The Labute approximate surface area is 145 Å². The molecule has 5 nitrogen and oxygen atoms in total. The van der Waals surface area contributed by atoms with E-state index in [4.69, 9.17) is 14.7 Å². The molecule has 25 heavy (non-hydrogen) atoms. The van der Waals surface area contributed by atoms with Crippen LogP contribution >= 0.6 is 0 Å². The number of ether oxygens (including phenoxy) is 2. The molecule has 0 unspecified atom stereocenters. The van der Waals surface area contributed by atoms with Gasteiger partial charge in [0.05, 0.1) is 11.6 Å². The Morgan fingerprint density at radius 3 is 2.88 bits per heavy atom. The number of hydrogen-bond donors (Lipinski definition) is 1. The molecule has 1 aliphatic heterocycles. The number of nitrogens with one attached hydrogen (secondary N) is 1. The molecule has 1 aliphatic rings. The Morgan fingerprint density at radius 2 is 2.20 bits per heavy atom. The Balaban J connectivity index is 1.64. The molecule has 128 valence electrons. The van der Waals surface area contributed by atoms with Gasteiger partial charge in [0.15, 0.2) is 11.6 Å². The molecule has 1 N–H and O–H groups in total. The quantitative estimate of drug-likeness (QED) is 0.845. The summed E-state index contributed by atoms with van der Waals surface area (Å²) in [6.07, 6.45) is 0.412. The number of nitriles is 1. The van der Waals surface area contributed by atoms with Crippen LogP contribution in [0.4, 0.5) is 10.1 Å². The third-order valence-corrected chi connectivity index (χ3v) is 3.89. The molecule has 1 fully saturated rings. The molecule has 1 saturated heterocycles. The highest BCUT2D eigenvalue weighted by atomic mass is 19.1. The van der Waals surface area contributed by atoms with Crippen molar-refractivity contribution < 1.29 is 18.7 Å². The normalized spacial score (nSPS) is 19.2. The smallest absolute Gasteiger partial charge is 0.328 e. The van der Waals surface area contributed by atoms with Crippen molar-refractivity contribution in [3.05, 3.63) is 59.4 Å². The number of nitrogens with zero attached hydrogens (tertiary/aromatic N) is 1. The van der Waals surface area contributed by atoms with Crippen LogP contribution in [0.5, 0.6) is 5.75 Å². The van der Waals surface area contributed by atoms with Gasteiger partial charge in [0.2, 0.25) is 0 Å². The third kappa shape index (κ3) is 4.07. The number of anilines is 1. The van der Waals surface area contributed by atoms with Gasteiger partial charge < -0.3 is 14.8 Å². The zero-order valence-corrected chi connectivity index (χ0v) is 13.7. The summed E-state index contributed by atoms with van der Waals surface area (Å²) in [4.78, 5) is 11.6. The number of rotatable bonds is 5. The van der Waals surface area contributed by atoms with Crippen molar-refractivity contribution in [2.45, 2.75) is 32.1 Å². The van der Waals surface area contributed by atoms with Gasteiger partial charge in [-0.25, -0.2) is 9.18 Å². The lowest BCUT2D eigenvalue weighted by Crippen LogP contribution is -2.24. The topological polar surface area (TPSA) is 71.3 Å². The fourth-order valence-electron chi connectivity index (χ4n) is 2.68. The molecule has 1 heterocycles. The molecule has 0 saturated carbocycles. The largest absolute Gasteiger partial charge is 0.486 e. The monoisotopic (exact) mass is 340 g/mol. The number of esters is 1. The Kier molecular flexibility index (Phi) is 4.85. The van der Waals surface area contributed by atoms with Crippen molar-refractivity contribution in [1.82, 2.24) is 0 Å². The van der Waals surface area contributed by atoms with Crippen molar-refractivity contribution in [3.63, 3.8) is 0 Å². The number of halogens is 1. The number of carbonyl (C=O) groups excluding carboxylic acids is 1. The van der Waals surface area contributed by atoms with Gasteiger partial charge in [0.1, 0.15) is 18.8 Å². The van der Waals surface area contributed by atoms with Crippen LogP contribution < -0.4 is 10.1 Å². The number of cyclic esters (lactones) is 1. The SMILES string of the molecule is C[C@H]1C[C@H](Nc2ccc(OCc3cccc(C#N)c3)c(F)c2)C(=O)O1. The molecule has 2 aromatic carbocycles. The minimum atomic E-state index is -0.527. The van der Waals surface area contributed by atoms with Crippen LogP contribution in [-0.2, 0) is 16.1 Å². The zero-order chi connectivity index (χ0) is 17.8. The van der Waals surface area contributed by atoms with E-state index in [1.807, 2.05) is 19.1 Å². The summed E-state index contributed by atoms with van der Waals surface area (Å²) in [6.45, 7) is 1.98. The molecule has 0 aromatic heterocycles. The van der Waals surface area contributed by atoms with E-state index in [1.165, 1.54) is 12.1 Å². The molecule has 0 spiro atoms. The third-order valence-electron chi connectivity index (χ3n) is 3.89. The second-order valence-electron chi connectivity index (χ2n) is 5.93. The summed E-state index contributed by atoms with van der Waals surface area (Å²) in [5, 5.41) is 11.9. The highest BCUT2D eigenvalue weighted by Crippen LogP contribution is 2.25. The van der Waals surface area contributed by atoms with Crippen molar-refractivity contribution in [2.75, 3.05) is 5.32 Å².